The molecule has 0 aromatic carbocycles. The summed E-state index contributed by atoms with van der Waals surface area (Å²) in [5, 5.41) is 20.4. The SMILES string of the molecule is C[C@H](CC[C@@H](O)C(C)(C)O)[C@H]1CC[C@H]2[C@@H]3C=CC4=CC=CC[C@]4(C)[C@H]3CC[C@]12C. The van der Waals surface area contributed by atoms with Crippen molar-refractivity contribution in [2.45, 2.75) is 91.3 Å². The van der Waals surface area contributed by atoms with Crippen molar-refractivity contribution in [3.63, 3.8) is 0 Å². The first-order chi connectivity index (χ1) is 13.6. The molecule has 0 heterocycles. The molecule has 0 bridgehead atoms. The Bertz CT molecular complexity index is 711. The predicted octanol–water partition coefficient (Wildman–Crippen LogP) is 6.06. The zero-order valence-electron chi connectivity index (χ0n) is 19.2. The summed E-state index contributed by atoms with van der Waals surface area (Å²) in [4.78, 5) is 0. The molecular weight excluding hydrogens is 356 g/mol. The Kier molecular flexibility index (Phi) is 5.44. The van der Waals surface area contributed by atoms with E-state index in [1.165, 1.54) is 32.1 Å². The molecule has 2 saturated carbocycles. The first kappa shape index (κ1) is 21.4. The Morgan fingerprint density at radius 2 is 1.90 bits per heavy atom. The molecule has 2 heteroatoms. The summed E-state index contributed by atoms with van der Waals surface area (Å²) < 4.78 is 0. The van der Waals surface area contributed by atoms with E-state index in [1.54, 1.807) is 19.4 Å². The van der Waals surface area contributed by atoms with Gasteiger partial charge in [-0.3, -0.25) is 0 Å². The lowest BCUT2D eigenvalue weighted by atomic mass is 9.48. The molecule has 8 atom stereocenters. The smallest absolute Gasteiger partial charge is 0.0849 e. The normalized spacial score (nSPS) is 43.2. The van der Waals surface area contributed by atoms with Gasteiger partial charge in [0.25, 0.3) is 0 Å². The molecular formula is C27H42O2. The zero-order valence-corrected chi connectivity index (χ0v) is 19.2. The monoisotopic (exact) mass is 398 g/mol. The van der Waals surface area contributed by atoms with E-state index in [-0.39, 0.29) is 0 Å². The van der Waals surface area contributed by atoms with Crippen LogP contribution in [0.3, 0.4) is 0 Å². The summed E-state index contributed by atoms with van der Waals surface area (Å²) in [6.07, 6.45) is 19.7. The molecule has 2 nitrogen and oxygen atoms in total. The van der Waals surface area contributed by atoms with Crippen molar-refractivity contribution in [3.8, 4) is 0 Å². The fourth-order valence-corrected chi connectivity index (χ4v) is 7.78. The first-order valence-electron chi connectivity index (χ1n) is 12.0. The molecule has 0 saturated heterocycles. The number of aliphatic hydroxyl groups is 2. The first-order valence-corrected chi connectivity index (χ1v) is 12.0. The van der Waals surface area contributed by atoms with Gasteiger partial charge >= 0.3 is 0 Å². The van der Waals surface area contributed by atoms with E-state index in [2.05, 4.69) is 51.2 Å². The fourth-order valence-electron chi connectivity index (χ4n) is 7.78. The van der Waals surface area contributed by atoms with E-state index >= 15 is 0 Å². The minimum absolute atomic E-state index is 0.329. The predicted molar refractivity (Wildman–Crippen MR) is 120 cm³/mol. The summed E-state index contributed by atoms with van der Waals surface area (Å²) in [6, 6.07) is 0. The summed E-state index contributed by atoms with van der Waals surface area (Å²) in [7, 11) is 0. The maximum absolute atomic E-state index is 10.3. The number of hydrogen-bond acceptors (Lipinski definition) is 2. The molecule has 0 unspecified atom stereocenters. The Labute approximate surface area is 178 Å². The van der Waals surface area contributed by atoms with Crippen molar-refractivity contribution in [2.24, 2.45) is 40.4 Å². The number of aliphatic hydroxyl groups excluding tert-OH is 1. The van der Waals surface area contributed by atoms with Gasteiger partial charge in [-0.25, -0.2) is 0 Å². The highest BCUT2D eigenvalue weighted by atomic mass is 16.3. The number of fused-ring (bicyclic) bond motifs is 5. The Morgan fingerprint density at radius 3 is 2.62 bits per heavy atom. The molecule has 162 valence electrons. The maximum atomic E-state index is 10.3. The van der Waals surface area contributed by atoms with Gasteiger partial charge in [0.1, 0.15) is 0 Å². The highest BCUT2D eigenvalue weighted by Gasteiger charge is 2.58. The van der Waals surface area contributed by atoms with Gasteiger partial charge in [0.15, 0.2) is 0 Å². The fraction of sp³-hybridized carbons (Fsp3) is 0.778. The third kappa shape index (κ3) is 3.49. The van der Waals surface area contributed by atoms with E-state index in [4.69, 9.17) is 0 Å². The van der Waals surface area contributed by atoms with Crippen molar-refractivity contribution < 1.29 is 10.2 Å². The van der Waals surface area contributed by atoms with Crippen LogP contribution in [0.1, 0.15) is 79.6 Å². The average molecular weight is 399 g/mol. The summed E-state index contributed by atoms with van der Waals surface area (Å²) >= 11 is 0. The third-order valence-corrected chi connectivity index (χ3v) is 9.73. The number of allylic oxidation sites excluding steroid dienone is 6. The van der Waals surface area contributed by atoms with Crippen molar-refractivity contribution in [1.82, 2.24) is 0 Å². The van der Waals surface area contributed by atoms with Crippen molar-refractivity contribution in [3.05, 3.63) is 36.0 Å². The van der Waals surface area contributed by atoms with Gasteiger partial charge in [-0.2, -0.15) is 0 Å². The second-order valence-electron chi connectivity index (χ2n) is 11.8. The van der Waals surface area contributed by atoms with Crippen LogP contribution in [0, 0.1) is 40.4 Å². The lowest BCUT2D eigenvalue weighted by Crippen LogP contribution is -2.48. The van der Waals surface area contributed by atoms with Crippen LogP contribution in [0.15, 0.2) is 36.0 Å². The summed E-state index contributed by atoms with van der Waals surface area (Å²) in [5.41, 5.74) is 1.30. The summed E-state index contributed by atoms with van der Waals surface area (Å²) in [5.74, 6) is 3.66. The van der Waals surface area contributed by atoms with Crippen molar-refractivity contribution in [2.75, 3.05) is 0 Å². The Hall–Kier alpha value is -0.860. The second kappa shape index (κ2) is 7.38. The van der Waals surface area contributed by atoms with Crippen molar-refractivity contribution >= 4 is 0 Å². The molecule has 4 rings (SSSR count). The molecule has 0 spiro atoms. The van der Waals surface area contributed by atoms with E-state index in [1.807, 2.05) is 0 Å². The van der Waals surface area contributed by atoms with Crippen LogP contribution in [0.2, 0.25) is 0 Å². The molecule has 0 amide bonds. The van der Waals surface area contributed by atoms with Gasteiger partial charge in [0.05, 0.1) is 11.7 Å². The van der Waals surface area contributed by atoms with E-state index in [0.717, 1.165) is 30.1 Å². The van der Waals surface area contributed by atoms with E-state index in [0.29, 0.717) is 23.2 Å². The third-order valence-electron chi connectivity index (χ3n) is 9.73. The average Bonchev–Trinajstić information content (AvgIpc) is 3.01. The molecule has 4 aliphatic rings. The van der Waals surface area contributed by atoms with Crippen LogP contribution in [0.25, 0.3) is 0 Å². The van der Waals surface area contributed by atoms with Gasteiger partial charge in [-0.05, 0) is 105 Å². The molecule has 2 fully saturated rings. The maximum Gasteiger partial charge on any atom is 0.0849 e. The molecule has 2 N–H and O–H groups in total. The van der Waals surface area contributed by atoms with Gasteiger partial charge in [-0.1, -0.05) is 51.2 Å². The van der Waals surface area contributed by atoms with Crippen LogP contribution >= 0.6 is 0 Å². The Balaban J connectivity index is 1.49. The molecule has 4 aliphatic carbocycles. The Morgan fingerprint density at radius 1 is 1.14 bits per heavy atom. The second-order valence-corrected chi connectivity index (χ2v) is 11.8. The highest BCUT2D eigenvalue weighted by Crippen LogP contribution is 2.66. The lowest BCUT2D eigenvalue weighted by Gasteiger charge is -2.56. The molecule has 29 heavy (non-hydrogen) atoms. The molecule has 0 aromatic rings. The minimum Gasteiger partial charge on any atom is -0.390 e. The van der Waals surface area contributed by atoms with Gasteiger partial charge < -0.3 is 10.2 Å². The quantitative estimate of drug-likeness (QED) is 0.591. The van der Waals surface area contributed by atoms with Crippen molar-refractivity contribution in [1.29, 1.82) is 0 Å². The van der Waals surface area contributed by atoms with Crippen LogP contribution in [0.4, 0.5) is 0 Å². The molecule has 0 aliphatic heterocycles. The number of hydrogen-bond donors (Lipinski definition) is 2. The molecule has 0 aromatic heterocycles. The van der Waals surface area contributed by atoms with E-state index in [9.17, 15) is 10.2 Å². The minimum atomic E-state index is -0.998. The van der Waals surface area contributed by atoms with Crippen LogP contribution in [0.5, 0.6) is 0 Å². The topological polar surface area (TPSA) is 40.5 Å². The standard InChI is InChI=1S/C27H42O2/c1-18(9-14-24(28)25(2,3)29)21-12-13-22-20-11-10-19-8-6-7-16-26(19,4)23(20)15-17-27(21,22)5/h6-8,10-11,18,20-24,28-29H,9,12-17H2,1-5H3/t18-,20+,21-,22+,23+,24-,26+,27-/m1/s1. The zero-order chi connectivity index (χ0) is 21.0. The number of rotatable bonds is 5. The van der Waals surface area contributed by atoms with Crippen LogP contribution < -0.4 is 0 Å². The lowest BCUT2D eigenvalue weighted by molar-refractivity contribution is -0.0579. The van der Waals surface area contributed by atoms with Gasteiger partial charge in [0.2, 0.25) is 0 Å². The summed E-state index contributed by atoms with van der Waals surface area (Å²) in [6.45, 7) is 10.9. The van der Waals surface area contributed by atoms with Gasteiger partial charge in [-0.15, -0.1) is 0 Å². The van der Waals surface area contributed by atoms with Crippen LogP contribution in [-0.4, -0.2) is 21.9 Å². The highest BCUT2D eigenvalue weighted by molar-refractivity contribution is 5.39. The van der Waals surface area contributed by atoms with E-state index < -0.39 is 11.7 Å². The molecule has 0 radical (unpaired) electrons. The van der Waals surface area contributed by atoms with Gasteiger partial charge in [0, 0.05) is 0 Å². The van der Waals surface area contributed by atoms with Crippen LogP contribution in [-0.2, 0) is 0 Å². The largest absolute Gasteiger partial charge is 0.390 e.